The molecule has 3 fully saturated rings. The lowest BCUT2D eigenvalue weighted by Gasteiger charge is -2.39. The molecule has 0 heterocycles. The van der Waals surface area contributed by atoms with Gasteiger partial charge in [0.2, 0.25) is 5.91 Å². The Labute approximate surface area is 227 Å². The summed E-state index contributed by atoms with van der Waals surface area (Å²) in [6, 6.07) is 10.4. The molecule has 2 bridgehead atoms. The van der Waals surface area contributed by atoms with Gasteiger partial charge in [0.25, 0.3) is 5.91 Å². The first-order valence-electron chi connectivity index (χ1n) is 13.4. The number of hydrogen-bond acceptors (Lipinski definition) is 6. The molecular formula is C30H33N3O6. The van der Waals surface area contributed by atoms with Crippen LogP contribution >= 0.6 is 0 Å². The van der Waals surface area contributed by atoms with Gasteiger partial charge in [-0.2, -0.15) is 5.26 Å². The van der Waals surface area contributed by atoms with Crippen LogP contribution in [-0.4, -0.2) is 42.6 Å². The molecule has 0 aliphatic heterocycles. The summed E-state index contributed by atoms with van der Waals surface area (Å²) in [7, 11) is 1.42. The number of nitrogens with zero attached hydrogens (tertiary/aromatic N) is 1. The van der Waals surface area contributed by atoms with Crippen LogP contribution in [0.2, 0.25) is 0 Å². The topological polar surface area (TPSA) is 138 Å². The second-order valence-corrected chi connectivity index (χ2v) is 11.3. The first kappa shape index (κ1) is 26.5. The molecule has 2 amide bonds. The number of methoxy groups -OCH3 is 1. The molecule has 4 atom stereocenters. The van der Waals surface area contributed by atoms with Gasteiger partial charge in [-0.3, -0.25) is 9.59 Å². The van der Waals surface area contributed by atoms with Crippen LogP contribution in [0, 0.1) is 34.5 Å². The van der Waals surface area contributed by atoms with Crippen LogP contribution in [0.3, 0.4) is 0 Å². The highest BCUT2D eigenvalue weighted by Gasteiger charge is 2.51. The molecule has 5 rings (SSSR count). The summed E-state index contributed by atoms with van der Waals surface area (Å²) in [4.78, 5) is 38.0. The quantitative estimate of drug-likeness (QED) is 0.433. The standard InChI is InChI=1S/C30H33N3O6/c1-30(10-3-11-30)16-32-28(35)25-18-4-5-19(12-18)26(25)33-27(34)22-14-23(20(15-31)13-24(22)38-2)39-21-8-6-17(7-9-21)29(36)37/h6-9,13-14,18-19,25-26H,3-5,10-12,16H2,1-2H3,(H,32,35)(H,33,34)(H,36,37)/t18-,19+,25+,26-/m1/s1. The lowest BCUT2D eigenvalue weighted by Crippen LogP contribution is -2.51. The van der Waals surface area contributed by atoms with Crippen molar-refractivity contribution in [1.82, 2.24) is 10.6 Å². The first-order chi connectivity index (χ1) is 18.7. The normalized spacial score (nSPS) is 24.2. The van der Waals surface area contributed by atoms with E-state index in [2.05, 4.69) is 23.6 Å². The minimum absolute atomic E-state index is 0.0150. The Kier molecular flexibility index (Phi) is 7.21. The molecule has 0 saturated heterocycles. The van der Waals surface area contributed by atoms with Crippen LogP contribution < -0.4 is 20.1 Å². The van der Waals surface area contributed by atoms with Gasteiger partial charge in [0.05, 0.1) is 29.7 Å². The number of carbonyl (C=O) groups excluding carboxylic acids is 2. The summed E-state index contributed by atoms with van der Waals surface area (Å²) in [5.41, 5.74) is 0.625. The third kappa shape index (κ3) is 5.29. The van der Waals surface area contributed by atoms with E-state index >= 15 is 0 Å². The molecule has 2 aromatic carbocycles. The number of fused-ring (bicyclic) bond motifs is 2. The third-order valence-electron chi connectivity index (χ3n) is 8.76. The molecular weight excluding hydrogens is 498 g/mol. The minimum Gasteiger partial charge on any atom is -0.496 e. The number of benzene rings is 2. The molecule has 0 unspecified atom stereocenters. The molecule has 3 aliphatic rings. The second kappa shape index (κ2) is 10.6. The van der Waals surface area contributed by atoms with Crippen LogP contribution in [0.1, 0.15) is 71.7 Å². The zero-order valence-corrected chi connectivity index (χ0v) is 22.2. The van der Waals surface area contributed by atoms with E-state index in [4.69, 9.17) is 14.6 Å². The first-order valence-corrected chi connectivity index (χ1v) is 13.4. The summed E-state index contributed by atoms with van der Waals surface area (Å²) in [6.45, 7) is 2.87. The van der Waals surface area contributed by atoms with Gasteiger partial charge in [0.1, 0.15) is 23.3 Å². The molecule has 0 spiro atoms. The van der Waals surface area contributed by atoms with Crippen LogP contribution in [0.25, 0.3) is 0 Å². The highest BCUT2D eigenvalue weighted by atomic mass is 16.5. The zero-order valence-electron chi connectivity index (χ0n) is 22.2. The highest BCUT2D eigenvalue weighted by molar-refractivity contribution is 5.98. The predicted molar refractivity (Wildman–Crippen MR) is 142 cm³/mol. The Bertz CT molecular complexity index is 1330. The van der Waals surface area contributed by atoms with Crippen LogP contribution in [0.15, 0.2) is 36.4 Å². The Morgan fingerprint density at radius 3 is 2.44 bits per heavy atom. The van der Waals surface area contributed by atoms with Crippen molar-refractivity contribution in [2.24, 2.45) is 23.2 Å². The Morgan fingerprint density at radius 2 is 1.82 bits per heavy atom. The number of carboxylic acid groups (broad SMARTS) is 1. The number of nitrogens with one attached hydrogen (secondary N) is 2. The van der Waals surface area contributed by atoms with Crippen molar-refractivity contribution >= 4 is 17.8 Å². The predicted octanol–water partition coefficient (Wildman–Crippen LogP) is 4.51. The maximum absolute atomic E-state index is 13.6. The second-order valence-electron chi connectivity index (χ2n) is 11.3. The lowest BCUT2D eigenvalue weighted by atomic mass is 9.70. The number of carboxylic acids is 1. The van der Waals surface area contributed by atoms with E-state index < -0.39 is 11.9 Å². The molecule has 3 aliphatic carbocycles. The van der Waals surface area contributed by atoms with Gasteiger partial charge in [0.15, 0.2) is 0 Å². The van der Waals surface area contributed by atoms with Crippen LogP contribution in [-0.2, 0) is 4.79 Å². The Hall–Kier alpha value is -4.06. The summed E-state index contributed by atoms with van der Waals surface area (Å²) in [5, 5.41) is 25.1. The third-order valence-corrected chi connectivity index (χ3v) is 8.76. The monoisotopic (exact) mass is 531 g/mol. The summed E-state index contributed by atoms with van der Waals surface area (Å²) < 4.78 is 11.3. The lowest BCUT2D eigenvalue weighted by molar-refractivity contribution is -0.128. The number of rotatable bonds is 9. The van der Waals surface area contributed by atoms with Gasteiger partial charge in [-0.25, -0.2) is 4.79 Å². The Balaban J connectivity index is 1.35. The summed E-state index contributed by atoms with van der Waals surface area (Å²) in [5.74, 6) is -0.547. The smallest absolute Gasteiger partial charge is 0.335 e. The number of amides is 2. The number of hydrogen-bond donors (Lipinski definition) is 3. The van der Waals surface area contributed by atoms with Gasteiger partial charge >= 0.3 is 5.97 Å². The van der Waals surface area contributed by atoms with Gasteiger partial charge < -0.3 is 25.2 Å². The average molecular weight is 532 g/mol. The maximum Gasteiger partial charge on any atom is 0.335 e. The van der Waals surface area contributed by atoms with Crippen molar-refractivity contribution < 1.29 is 29.0 Å². The van der Waals surface area contributed by atoms with Crippen molar-refractivity contribution in [2.75, 3.05) is 13.7 Å². The molecule has 0 radical (unpaired) electrons. The summed E-state index contributed by atoms with van der Waals surface area (Å²) in [6.07, 6.45) is 6.33. The minimum atomic E-state index is -1.06. The van der Waals surface area contributed by atoms with Gasteiger partial charge in [-0.05, 0) is 79.7 Å². The van der Waals surface area contributed by atoms with E-state index in [1.807, 2.05) is 0 Å². The van der Waals surface area contributed by atoms with E-state index in [9.17, 15) is 19.6 Å². The van der Waals surface area contributed by atoms with Crippen molar-refractivity contribution in [1.29, 1.82) is 5.26 Å². The molecule has 0 aromatic heterocycles. The number of nitriles is 1. The molecule has 3 saturated carbocycles. The zero-order chi connectivity index (χ0) is 27.7. The molecule has 2 aromatic rings. The molecule has 204 valence electrons. The van der Waals surface area contributed by atoms with Crippen molar-refractivity contribution in [2.45, 2.75) is 51.5 Å². The van der Waals surface area contributed by atoms with Crippen LogP contribution in [0.5, 0.6) is 17.2 Å². The molecule has 3 N–H and O–H groups in total. The van der Waals surface area contributed by atoms with Crippen LogP contribution in [0.4, 0.5) is 0 Å². The summed E-state index contributed by atoms with van der Waals surface area (Å²) >= 11 is 0. The highest BCUT2D eigenvalue weighted by Crippen LogP contribution is 2.49. The van der Waals surface area contributed by atoms with E-state index in [-0.39, 0.29) is 63.3 Å². The fourth-order valence-corrected chi connectivity index (χ4v) is 6.35. The number of aromatic carboxylic acids is 1. The molecule has 9 heteroatoms. The van der Waals surface area contributed by atoms with E-state index in [1.54, 1.807) is 0 Å². The Morgan fingerprint density at radius 1 is 1.10 bits per heavy atom. The van der Waals surface area contributed by atoms with Crippen molar-refractivity contribution in [3.8, 4) is 23.3 Å². The maximum atomic E-state index is 13.6. The van der Waals surface area contributed by atoms with Gasteiger partial charge in [0, 0.05) is 18.7 Å². The van der Waals surface area contributed by atoms with Gasteiger partial charge in [-0.15, -0.1) is 0 Å². The van der Waals surface area contributed by atoms with Crippen molar-refractivity contribution in [3.63, 3.8) is 0 Å². The van der Waals surface area contributed by atoms with Gasteiger partial charge in [-0.1, -0.05) is 13.3 Å². The number of ether oxygens (including phenoxy) is 2. The molecule has 9 nitrogen and oxygen atoms in total. The van der Waals surface area contributed by atoms with E-state index in [1.165, 1.54) is 49.9 Å². The fourth-order valence-electron chi connectivity index (χ4n) is 6.35. The number of carbonyl (C=O) groups is 3. The fraction of sp³-hybridized carbons (Fsp3) is 0.467. The largest absolute Gasteiger partial charge is 0.496 e. The van der Waals surface area contributed by atoms with E-state index in [0.29, 0.717) is 12.3 Å². The SMILES string of the molecule is COc1cc(C#N)c(Oc2ccc(C(=O)O)cc2)cc1C(=O)N[C@@H]1[C@H]2CC[C@H](C2)[C@@H]1C(=O)NCC1(C)CCC1. The average Bonchev–Trinajstić information content (AvgIpc) is 3.52. The molecule has 39 heavy (non-hydrogen) atoms. The van der Waals surface area contributed by atoms with Crippen molar-refractivity contribution in [3.05, 3.63) is 53.1 Å². The van der Waals surface area contributed by atoms with E-state index in [0.717, 1.165) is 32.1 Å².